The van der Waals surface area contributed by atoms with Gasteiger partial charge in [-0.15, -0.1) is 0 Å². The third-order valence-corrected chi connectivity index (χ3v) is 5.61. The maximum Gasteiger partial charge on any atom is 0.329 e. The smallest absolute Gasteiger partial charge is 0.329 e. The van der Waals surface area contributed by atoms with E-state index in [1.165, 1.54) is 30.8 Å². The molecule has 0 unspecified atom stereocenters. The molecule has 0 radical (unpaired) electrons. The topological polar surface area (TPSA) is 70.1 Å². The molecule has 2 aromatic rings. The van der Waals surface area contributed by atoms with Gasteiger partial charge in [-0.05, 0) is 42.9 Å². The van der Waals surface area contributed by atoms with E-state index in [9.17, 15) is 14.0 Å². The van der Waals surface area contributed by atoms with Crippen LogP contribution in [-0.2, 0) is 7.05 Å². The van der Waals surface area contributed by atoms with E-state index in [0.29, 0.717) is 23.8 Å². The number of aromatic nitrogens is 2. The van der Waals surface area contributed by atoms with E-state index >= 15 is 0 Å². The SMILES string of the molecule is Cn1c(=O)cc(N2CC[C@@H](NC3CC(c4ccc(F)cc4)C3)C2)[nH]c1=O. The average molecular weight is 358 g/mol. The van der Waals surface area contributed by atoms with Crippen molar-refractivity contribution < 1.29 is 4.39 Å². The van der Waals surface area contributed by atoms with Crippen molar-refractivity contribution in [1.82, 2.24) is 14.9 Å². The first kappa shape index (κ1) is 17.0. The maximum atomic E-state index is 13.0. The summed E-state index contributed by atoms with van der Waals surface area (Å²) in [5.74, 6) is 0.905. The van der Waals surface area contributed by atoms with Gasteiger partial charge in [0.1, 0.15) is 11.6 Å². The average Bonchev–Trinajstić information content (AvgIpc) is 3.05. The van der Waals surface area contributed by atoms with E-state index < -0.39 is 0 Å². The van der Waals surface area contributed by atoms with Crippen LogP contribution in [0.5, 0.6) is 0 Å². The summed E-state index contributed by atoms with van der Waals surface area (Å²) in [7, 11) is 1.47. The monoisotopic (exact) mass is 358 g/mol. The molecular formula is C19H23FN4O2. The Morgan fingerprint density at radius 2 is 1.88 bits per heavy atom. The lowest BCUT2D eigenvalue weighted by Crippen LogP contribution is -2.46. The standard InChI is InChI=1S/C19H23FN4O2/c1-23-18(25)10-17(22-19(23)26)24-7-6-15(11-24)21-16-8-13(9-16)12-2-4-14(20)5-3-12/h2-5,10,13,15-16,21H,6-9,11H2,1H3,(H,22,26)/t13?,15-,16?/m1/s1. The quantitative estimate of drug-likeness (QED) is 0.865. The fraction of sp³-hybridized carbons (Fsp3) is 0.474. The fourth-order valence-electron chi connectivity index (χ4n) is 3.92. The lowest BCUT2D eigenvalue weighted by atomic mass is 9.75. The number of halogens is 1. The number of nitrogens with one attached hydrogen (secondary N) is 2. The predicted octanol–water partition coefficient (Wildman–Crippen LogP) is 1.33. The van der Waals surface area contributed by atoms with Crippen molar-refractivity contribution in [1.29, 1.82) is 0 Å². The minimum Gasteiger partial charge on any atom is -0.356 e. The highest BCUT2D eigenvalue weighted by molar-refractivity contribution is 5.38. The number of hydrogen-bond donors (Lipinski definition) is 2. The third-order valence-electron chi connectivity index (χ3n) is 5.61. The maximum absolute atomic E-state index is 13.0. The summed E-state index contributed by atoms with van der Waals surface area (Å²) < 4.78 is 14.1. The zero-order chi connectivity index (χ0) is 18.3. The van der Waals surface area contributed by atoms with Crippen LogP contribution < -0.4 is 21.5 Å². The molecule has 6 nitrogen and oxygen atoms in total. The summed E-state index contributed by atoms with van der Waals surface area (Å²) in [5, 5.41) is 3.68. The first-order chi connectivity index (χ1) is 12.5. The van der Waals surface area contributed by atoms with E-state index in [0.717, 1.165) is 36.9 Å². The molecule has 2 fully saturated rings. The van der Waals surface area contributed by atoms with Crippen LogP contribution in [0.2, 0.25) is 0 Å². The van der Waals surface area contributed by atoms with Gasteiger partial charge in [0.2, 0.25) is 0 Å². The molecule has 1 saturated heterocycles. The van der Waals surface area contributed by atoms with E-state index in [2.05, 4.69) is 15.2 Å². The van der Waals surface area contributed by atoms with Gasteiger partial charge in [-0.25, -0.2) is 9.18 Å². The third kappa shape index (κ3) is 3.31. The van der Waals surface area contributed by atoms with Crippen molar-refractivity contribution in [3.8, 4) is 0 Å². The molecule has 26 heavy (non-hydrogen) atoms. The number of H-pyrrole nitrogens is 1. The van der Waals surface area contributed by atoms with E-state index in [1.807, 2.05) is 12.1 Å². The van der Waals surface area contributed by atoms with Gasteiger partial charge in [-0.1, -0.05) is 12.1 Å². The molecule has 2 heterocycles. The normalized spacial score (nSPS) is 25.3. The number of hydrogen-bond acceptors (Lipinski definition) is 4. The first-order valence-corrected chi connectivity index (χ1v) is 9.06. The highest BCUT2D eigenvalue weighted by Gasteiger charge is 2.33. The molecule has 1 atom stereocenters. The van der Waals surface area contributed by atoms with Crippen LogP contribution in [0.3, 0.4) is 0 Å². The van der Waals surface area contributed by atoms with Crippen LogP contribution in [0.1, 0.15) is 30.7 Å². The van der Waals surface area contributed by atoms with Gasteiger partial charge in [0.05, 0.1) is 0 Å². The minimum absolute atomic E-state index is 0.192. The van der Waals surface area contributed by atoms with Gasteiger partial charge < -0.3 is 10.2 Å². The Bertz CT molecular complexity index is 868. The van der Waals surface area contributed by atoms with Gasteiger partial charge in [-0.2, -0.15) is 0 Å². The van der Waals surface area contributed by atoms with Gasteiger partial charge in [0.15, 0.2) is 0 Å². The molecule has 1 saturated carbocycles. The predicted molar refractivity (Wildman–Crippen MR) is 98.2 cm³/mol. The van der Waals surface area contributed by atoms with Crippen molar-refractivity contribution in [2.75, 3.05) is 18.0 Å². The largest absolute Gasteiger partial charge is 0.356 e. The summed E-state index contributed by atoms with van der Waals surface area (Å²) in [6.07, 6.45) is 3.10. The number of anilines is 1. The molecule has 7 heteroatoms. The molecule has 0 spiro atoms. The van der Waals surface area contributed by atoms with Crippen LogP contribution >= 0.6 is 0 Å². The van der Waals surface area contributed by atoms with E-state index in [-0.39, 0.29) is 17.1 Å². The number of aromatic amines is 1. The molecule has 2 N–H and O–H groups in total. The first-order valence-electron chi connectivity index (χ1n) is 9.06. The van der Waals surface area contributed by atoms with Crippen molar-refractivity contribution in [2.24, 2.45) is 7.05 Å². The van der Waals surface area contributed by atoms with Crippen LogP contribution in [0.15, 0.2) is 39.9 Å². The van der Waals surface area contributed by atoms with Crippen molar-refractivity contribution >= 4 is 5.82 Å². The molecule has 138 valence electrons. The molecule has 0 amide bonds. The number of benzene rings is 1. The van der Waals surface area contributed by atoms with Gasteiger partial charge in [0.25, 0.3) is 5.56 Å². The van der Waals surface area contributed by atoms with Crippen LogP contribution in [0.25, 0.3) is 0 Å². The second-order valence-electron chi connectivity index (χ2n) is 7.37. The van der Waals surface area contributed by atoms with Crippen LogP contribution in [-0.4, -0.2) is 34.7 Å². The molecule has 1 aliphatic carbocycles. The van der Waals surface area contributed by atoms with Gasteiger partial charge in [-0.3, -0.25) is 14.3 Å². The van der Waals surface area contributed by atoms with Crippen LogP contribution in [0, 0.1) is 5.82 Å². The molecule has 1 aromatic carbocycles. The van der Waals surface area contributed by atoms with Crippen molar-refractivity contribution in [3.63, 3.8) is 0 Å². The Balaban J connectivity index is 1.31. The lowest BCUT2D eigenvalue weighted by Gasteiger charge is -2.38. The Labute approximate surface area is 150 Å². The Morgan fingerprint density at radius 3 is 2.58 bits per heavy atom. The fourth-order valence-corrected chi connectivity index (χ4v) is 3.92. The highest BCUT2D eigenvalue weighted by atomic mass is 19.1. The molecule has 1 aromatic heterocycles. The number of rotatable bonds is 4. The molecular weight excluding hydrogens is 335 g/mol. The molecule has 1 aliphatic heterocycles. The minimum atomic E-state index is -0.384. The summed E-state index contributed by atoms with van der Waals surface area (Å²) in [5.41, 5.74) is 0.529. The summed E-state index contributed by atoms with van der Waals surface area (Å²) in [6.45, 7) is 1.59. The Morgan fingerprint density at radius 1 is 1.15 bits per heavy atom. The second kappa shape index (κ2) is 6.72. The summed E-state index contributed by atoms with van der Waals surface area (Å²) in [4.78, 5) is 28.4. The van der Waals surface area contributed by atoms with Crippen LogP contribution in [0.4, 0.5) is 10.2 Å². The Kier molecular flexibility index (Phi) is 4.40. The van der Waals surface area contributed by atoms with Crippen molar-refractivity contribution in [2.45, 2.75) is 37.3 Å². The number of nitrogens with zero attached hydrogens (tertiary/aromatic N) is 2. The molecule has 4 rings (SSSR count). The molecule has 0 bridgehead atoms. The highest BCUT2D eigenvalue weighted by Crippen LogP contribution is 2.37. The van der Waals surface area contributed by atoms with Crippen molar-refractivity contribution in [3.05, 3.63) is 62.6 Å². The zero-order valence-electron chi connectivity index (χ0n) is 14.7. The summed E-state index contributed by atoms with van der Waals surface area (Å²) >= 11 is 0. The van der Waals surface area contributed by atoms with Gasteiger partial charge >= 0.3 is 5.69 Å². The summed E-state index contributed by atoms with van der Waals surface area (Å²) in [6, 6.07) is 9.10. The zero-order valence-corrected chi connectivity index (χ0v) is 14.7. The molecule has 2 aliphatic rings. The van der Waals surface area contributed by atoms with Gasteiger partial charge in [0, 0.05) is 38.3 Å². The Hall–Kier alpha value is -2.41. The van der Waals surface area contributed by atoms with E-state index in [1.54, 1.807) is 0 Å². The second-order valence-corrected chi connectivity index (χ2v) is 7.37. The van der Waals surface area contributed by atoms with E-state index in [4.69, 9.17) is 0 Å². The lowest BCUT2D eigenvalue weighted by molar-refractivity contribution is 0.269.